The van der Waals surface area contributed by atoms with E-state index in [1.807, 2.05) is 0 Å². The maximum Gasteiger partial charge on any atom is 0.0692 e. The maximum absolute atomic E-state index is 9.91. The Kier molecular flexibility index (Phi) is 4.92. The topological polar surface area (TPSA) is 23.8 Å². The predicted octanol–water partition coefficient (Wildman–Crippen LogP) is 6.09. The minimum Gasteiger partial charge on any atom is -0.198 e. The number of hydrogen-bond acceptors (Lipinski definition) is 1. The fourth-order valence-corrected chi connectivity index (χ4v) is 5.66. The van der Waals surface area contributed by atoms with Crippen LogP contribution in [0.3, 0.4) is 0 Å². The van der Waals surface area contributed by atoms with Gasteiger partial charge in [0.25, 0.3) is 0 Å². The first-order valence-electron chi connectivity index (χ1n) is 9.65. The Balaban J connectivity index is 1.58. The molecule has 21 heavy (non-hydrogen) atoms. The Morgan fingerprint density at radius 3 is 1.90 bits per heavy atom. The summed E-state index contributed by atoms with van der Waals surface area (Å²) in [5, 5.41) is 9.91. The van der Waals surface area contributed by atoms with Crippen molar-refractivity contribution in [2.45, 2.75) is 90.4 Å². The van der Waals surface area contributed by atoms with E-state index in [2.05, 4.69) is 13.0 Å². The van der Waals surface area contributed by atoms with Crippen molar-refractivity contribution in [3.63, 3.8) is 0 Å². The second-order valence-electron chi connectivity index (χ2n) is 8.46. The van der Waals surface area contributed by atoms with Gasteiger partial charge in [-0.1, -0.05) is 51.9 Å². The number of nitrogens with zero attached hydrogens (tertiary/aromatic N) is 1. The van der Waals surface area contributed by atoms with Crippen LogP contribution in [0.4, 0.5) is 0 Å². The lowest BCUT2D eigenvalue weighted by atomic mass is 9.58. The zero-order valence-corrected chi connectivity index (χ0v) is 13.9. The van der Waals surface area contributed by atoms with Crippen LogP contribution in [-0.4, -0.2) is 0 Å². The van der Waals surface area contributed by atoms with Crippen molar-refractivity contribution in [1.29, 1.82) is 5.26 Å². The first kappa shape index (κ1) is 15.4. The third-order valence-electron chi connectivity index (χ3n) is 7.26. The summed E-state index contributed by atoms with van der Waals surface area (Å²) in [6.45, 7) is 2.38. The number of hydrogen-bond donors (Lipinski definition) is 0. The highest BCUT2D eigenvalue weighted by Crippen LogP contribution is 2.52. The molecule has 1 heteroatoms. The Morgan fingerprint density at radius 2 is 1.33 bits per heavy atom. The molecule has 0 aliphatic heterocycles. The van der Waals surface area contributed by atoms with E-state index in [9.17, 15) is 5.26 Å². The van der Waals surface area contributed by atoms with E-state index < -0.39 is 0 Å². The van der Waals surface area contributed by atoms with Gasteiger partial charge in [-0.05, 0) is 62.2 Å². The molecule has 0 saturated heterocycles. The molecule has 3 aliphatic rings. The summed E-state index contributed by atoms with van der Waals surface area (Å²) < 4.78 is 0. The van der Waals surface area contributed by atoms with E-state index in [4.69, 9.17) is 0 Å². The molecule has 0 radical (unpaired) electrons. The van der Waals surface area contributed by atoms with Crippen LogP contribution >= 0.6 is 0 Å². The lowest BCUT2D eigenvalue weighted by Crippen LogP contribution is -2.37. The van der Waals surface area contributed by atoms with Crippen LogP contribution < -0.4 is 0 Å². The molecule has 1 nitrogen and oxygen atoms in total. The highest BCUT2D eigenvalue weighted by molar-refractivity contribution is 5.06. The second kappa shape index (κ2) is 6.72. The van der Waals surface area contributed by atoms with Crippen molar-refractivity contribution >= 4 is 0 Å². The minimum atomic E-state index is 0.0608. The van der Waals surface area contributed by atoms with Crippen molar-refractivity contribution in [3.05, 3.63) is 0 Å². The number of rotatable bonds is 2. The molecule has 0 heterocycles. The van der Waals surface area contributed by atoms with Crippen molar-refractivity contribution < 1.29 is 0 Å². The van der Waals surface area contributed by atoms with Gasteiger partial charge in [-0.2, -0.15) is 5.26 Å². The highest BCUT2D eigenvalue weighted by Gasteiger charge is 2.44. The molecule has 0 N–H and O–H groups in total. The number of nitriles is 1. The average Bonchev–Trinajstić information content (AvgIpc) is 2.56. The predicted molar refractivity (Wildman–Crippen MR) is 87.7 cm³/mol. The molecule has 0 unspecified atom stereocenters. The Morgan fingerprint density at radius 1 is 0.762 bits per heavy atom. The molecular formula is C20H33N. The molecule has 0 aromatic heterocycles. The molecule has 3 fully saturated rings. The van der Waals surface area contributed by atoms with Gasteiger partial charge in [0.15, 0.2) is 0 Å². The van der Waals surface area contributed by atoms with Crippen LogP contribution in [0.25, 0.3) is 0 Å². The molecular weight excluding hydrogens is 254 g/mol. The lowest BCUT2D eigenvalue weighted by molar-refractivity contribution is 0.0676. The van der Waals surface area contributed by atoms with Gasteiger partial charge in [-0.25, -0.2) is 0 Å². The first-order chi connectivity index (χ1) is 10.2. The Hall–Kier alpha value is -0.510. The zero-order chi connectivity index (χ0) is 14.7. The molecule has 0 aromatic carbocycles. The second-order valence-corrected chi connectivity index (χ2v) is 8.46. The SMILES string of the molecule is CC1CCC(C2(C#N)CCC(C3CCCCC3)CC2)CC1. The van der Waals surface area contributed by atoms with E-state index in [-0.39, 0.29) is 5.41 Å². The molecule has 3 rings (SSSR count). The standard InChI is InChI=1S/C20H33N/c1-16-7-9-19(10-8-16)20(15-21)13-11-18(12-14-20)17-5-3-2-4-6-17/h16-19H,2-14H2,1H3. The van der Waals surface area contributed by atoms with Crippen LogP contribution in [0.1, 0.15) is 90.4 Å². The summed E-state index contributed by atoms with van der Waals surface area (Å²) in [4.78, 5) is 0. The van der Waals surface area contributed by atoms with Gasteiger partial charge in [0.2, 0.25) is 0 Å². The summed E-state index contributed by atoms with van der Waals surface area (Å²) in [5.74, 6) is 3.57. The van der Waals surface area contributed by atoms with Gasteiger partial charge in [0.1, 0.15) is 0 Å². The first-order valence-corrected chi connectivity index (χ1v) is 9.65. The average molecular weight is 287 g/mol. The van der Waals surface area contributed by atoms with Crippen LogP contribution in [0.15, 0.2) is 0 Å². The monoisotopic (exact) mass is 287 g/mol. The van der Waals surface area contributed by atoms with Crippen molar-refractivity contribution in [1.82, 2.24) is 0 Å². The fourth-order valence-electron chi connectivity index (χ4n) is 5.66. The van der Waals surface area contributed by atoms with E-state index in [1.54, 1.807) is 0 Å². The van der Waals surface area contributed by atoms with Crippen LogP contribution in [-0.2, 0) is 0 Å². The molecule has 0 aromatic rings. The van der Waals surface area contributed by atoms with E-state index in [1.165, 1.54) is 83.5 Å². The minimum absolute atomic E-state index is 0.0608. The normalized spacial score (nSPS) is 42.4. The van der Waals surface area contributed by atoms with Crippen molar-refractivity contribution in [2.75, 3.05) is 0 Å². The summed E-state index contributed by atoms with van der Waals surface area (Å²) in [6, 6.07) is 2.83. The molecule has 0 amide bonds. The quantitative estimate of drug-likeness (QED) is 0.602. The van der Waals surface area contributed by atoms with E-state index in [0.29, 0.717) is 5.92 Å². The largest absolute Gasteiger partial charge is 0.198 e. The van der Waals surface area contributed by atoms with Gasteiger partial charge in [0, 0.05) is 0 Å². The summed E-state index contributed by atoms with van der Waals surface area (Å²) in [5.41, 5.74) is 0.0608. The Bertz CT molecular complexity index is 358. The third-order valence-corrected chi connectivity index (χ3v) is 7.26. The smallest absolute Gasteiger partial charge is 0.0692 e. The van der Waals surface area contributed by atoms with Crippen molar-refractivity contribution in [3.8, 4) is 6.07 Å². The van der Waals surface area contributed by atoms with Crippen LogP contribution in [0, 0.1) is 40.4 Å². The molecule has 0 bridgehead atoms. The molecule has 0 spiro atoms. The molecule has 3 saturated carbocycles. The van der Waals surface area contributed by atoms with Gasteiger partial charge < -0.3 is 0 Å². The van der Waals surface area contributed by atoms with Gasteiger partial charge in [-0.3, -0.25) is 0 Å². The highest BCUT2D eigenvalue weighted by atomic mass is 14.5. The van der Waals surface area contributed by atoms with Crippen molar-refractivity contribution in [2.24, 2.45) is 29.1 Å². The Labute approximate surface area is 131 Å². The molecule has 0 atom stereocenters. The zero-order valence-electron chi connectivity index (χ0n) is 13.9. The molecule has 3 aliphatic carbocycles. The third kappa shape index (κ3) is 3.30. The maximum atomic E-state index is 9.91. The van der Waals surface area contributed by atoms with Crippen LogP contribution in [0.5, 0.6) is 0 Å². The summed E-state index contributed by atoms with van der Waals surface area (Å²) in [6.07, 6.45) is 17.8. The summed E-state index contributed by atoms with van der Waals surface area (Å²) >= 11 is 0. The van der Waals surface area contributed by atoms with Gasteiger partial charge in [-0.15, -0.1) is 0 Å². The van der Waals surface area contributed by atoms with Gasteiger partial charge >= 0.3 is 0 Å². The van der Waals surface area contributed by atoms with E-state index in [0.717, 1.165) is 17.8 Å². The van der Waals surface area contributed by atoms with Gasteiger partial charge in [0.05, 0.1) is 11.5 Å². The lowest BCUT2D eigenvalue weighted by Gasteiger charge is -2.45. The van der Waals surface area contributed by atoms with E-state index >= 15 is 0 Å². The summed E-state index contributed by atoms with van der Waals surface area (Å²) in [7, 11) is 0. The molecule has 118 valence electrons. The van der Waals surface area contributed by atoms with Crippen LogP contribution in [0.2, 0.25) is 0 Å². The fraction of sp³-hybridized carbons (Fsp3) is 0.950.